The van der Waals surface area contributed by atoms with Crippen molar-refractivity contribution in [2.75, 3.05) is 12.8 Å². The van der Waals surface area contributed by atoms with Gasteiger partial charge < -0.3 is 10.5 Å². The van der Waals surface area contributed by atoms with Crippen LogP contribution in [0.15, 0.2) is 30.3 Å². The summed E-state index contributed by atoms with van der Waals surface area (Å²) in [7, 11) is 1.55. The molecule has 104 valence electrons. The van der Waals surface area contributed by atoms with Gasteiger partial charge in [0.25, 0.3) is 0 Å². The summed E-state index contributed by atoms with van der Waals surface area (Å²) in [5, 5.41) is 0.557. The third-order valence-electron chi connectivity index (χ3n) is 3.27. The monoisotopic (exact) mass is 289 g/mol. The molecule has 0 saturated carbocycles. The van der Waals surface area contributed by atoms with Gasteiger partial charge in [-0.25, -0.2) is 0 Å². The quantitative estimate of drug-likeness (QED) is 0.691. The van der Waals surface area contributed by atoms with Crippen molar-refractivity contribution in [2.45, 2.75) is 13.8 Å². The molecular weight excluding hydrogens is 274 g/mol. The zero-order chi connectivity index (χ0) is 14.9. The summed E-state index contributed by atoms with van der Waals surface area (Å²) in [5.74, 6) is 0.443. The van der Waals surface area contributed by atoms with Gasteiger partial charge >= 0.3 is 0 Å². The van der Waals surface area contributed by atoms with Crippen molar-refractivity contribution < 1.29 is 9.53 Å². The van der Waals surface area contributed by atoms with Gasteiger partial charge in [0.15, 0.2) is 5.78 Å². The summed E-state index contributed by atoms with van der Waals surface area (Å²) in [6.45, 7) is 3.68. The van der Waals surface area contributed by atoms with Crippen molar-refractivity contribution in [1.82, 2.24) is 0 Å². The van der Waals surface area contributed by atoms with Crippen LogP contribution in [0.4, 0.5) is 5.69 Å². The van der Waals surface area contributed by atoms with E-state index in [0.29, 0.717) is 27.6 Å². The van der Waals surface area contributed by atoms with Crippen LogP contribution in [0.25, 0.3) is 0 Å². The third-order valence-corrected chi connectivity index (χ3v) is 3.66. The van der Waals surface area contributed by atoms with E-state index in [4.69, 9.17) is 22.1 Å². The van der Waals surface area contributed by atoms with E-state index in [0.717, 1.165) is 11.1 Å². The van der Waals surface area contributed by atoms with Crippen LogP contribution in [-0.2, 0) is 0 Å². The minimum absolute atomic E-state index is 0.120. The number of rotatable bonds is 3. The van der Waals surface area contributed by atoms with Crippen LogP contribution in [0.3, 0.4) is 0 Å². The highest BCUT2D eigenvalue weighted by Crippen LogP contribution is 2.33. The Hall–Kier alpha value is -2.00. The molecule has 0 unspecified atom stereocenters. The maximum absolute atomic E-state index is 12.7. The van der Waals surface area contributed by atoms with Crippen molar-refractivity contribution >= 4 is 23.1 Å². The molecule has 0 amide bonds. The van der Waals surface area contributed by atoms with Crippen LogP contribution in [0.1, 0.15) is 27.0 Å². The van der Waals surface area contributed by atoms with Crippen LogP contribution in [0.5, 0.6) is 5.75 Å². The van der Waals surface area contributed by atoms with Gasteiger partial charge in [0, 0.05) is 16.3 Å². The van der Waals surface area contributed by atoms with Crippen LogP contribution in [-0.4, -0.2) is 12.9 Å². The van der Waals surface area contributed by atoms with Gasteiger partial charge in [-0.1, -0.05) is 11.6 Å². The molecular formula is C16H16ClNO2. The highest BCUT2D eigenvalue weighted by molar-refractivity contribution is 6.32. The number of carbonyl (C=O) groups is 1. The van der Waals surface area contributed by atoms with Gasteiger partial charge in [-0.3, -0.25) is 4.79 Å². The maximum atomic E-state index is 12.7. The Morgan fingerprint density at radius 3 is 2.35 bits per heavy atom. The van der Waals surface area contributed by atoms with E-state index in [1.54, 1.807) is 37.4 Å². The number of carbonyl (C=O) groups excluding carboxylic acids is 1. The minimum Gasteiger partial charge on any atom is -0.496 e. The first-order valence-corrected chi connectivity index (χ1v) is 6.57. The lowest BCUT2D eigenvalue weighted by Gasteiger charge is -2.15. The van der Waals surface area contributed by atoms with E-state index in [1.807, 2.05) is 13.8 Å². The van der Waals surface area contributed by atoms with Crippen LogP contribution in [0, 0.1) is 13.8 Å². The molecule has 0 aliphatic carbocycles. The predicted octanol–water partition coefficient (Wildman–Crippen LogP) is 3.78. The van der Waals surface area contributed by atoms with Crippen molar-refractivity contribution in [3.05, 3.63) is 57.6 Å². The van der Waals surface area contributed by atoms with Crippen molar-refractivity contribution in [3.8, 4) is 5.75 Å². The number of nitrogens with two attached hydrogens (primary N) is 1. The van der Waals surface area contributed by atoms with Gasteiger partial charge in [0.1, 0.15) is 5.75 Å². The summed E-state index contributed by atoms with van der Waals surface area (Å²) in [4.78, 5) is 12.7. The molecule has 2 aromatic carbocycles. The second-order valence-corrected chi connectivity index (χ2v) is 5.07. The van der Waals surface area contributed by atoms with E-state index < -0.39 is 0 Å². The van der Waals surface area contributed by atoms with Crippen LogP contribution in [0.2, 0.25) is 5.02 Å². The van der Waals surface area contributed by atoms with Crippen molar-refractivity contribution in [2.24, 2.45) is 0 Å². The molecule has 0 aliphatic heterocycles. The standard InChI is InChI=1S/C16H16ClNO2/c1-9-8-13(17)10(2)14(16(9)20-3)15(19)11-4-6-12(18)7-5-11/h4-8H,18H2,1-3H3. The number of hydrogen-bond donors (Lipinski definition) is 1. The molecule has 20 heavy (non-hydrogen) atoms. The first-order valence-electron chi connectivity index (χ1n) is 6.19. The van der Waals surface area contributed by atoms with Gasteiger partial charge in [0.05, 0.1) is 12.7 Å². The van der Waals surface area contributed by atoms with E-state index in [1.165, 1.54) is 0 Å². The summed E-state index contributed by atoms with van der Waals surface area (Å²) < 4.78 is 5.37. The number of ketones is 1. The lowest BCUT2D eigenvalue weighted by atomic mass is 9.95. The van der Waals surface area contributed by atoms with Gasteiger partial charge in [-0.15, -0.1) is 0 Å². The molecule has 0 spiro atoms. The lowest BCUT2D eigenvalue weighted by Crippen LogP contribution is -2.08. The molecule has 0 aromatic heterocycles. The average Bonchev–Trinajstić information content (AvgIpc) is 2.42. The van der Waals surface area contributed by atoms with Gasteiger partial charge in [0.2, 0.25) is 0 Å². The number of aryl methyl sites for hydroxylation is 1. The van der Waals surface area contributed by atoms with Crippen molar-refractivity contribution in [1.29, 1.82) is 0 Å². The minimum atomic E-state index is -0.120. The first kappa shape index (κ1) is 14.4. The van der Waals surface area contributed by atoms with E-state index in [9.17, 15) is 4.79 Å². The van der Waals surface area contributed by atoms with E-state index >= 15 is 0 Å². The number of nitrogen functional groups attached to an aromatic ring is 1. The highest BCUT2D eigenvalue weighted by atomic mass is 35.5. The number of anilines is 1. The number of benzene rings is 2. The molecule has 2 N–H and O–H groups in total. The van der Waals surface area contributed by atoms with Crippen LogP contribution < -0.4 is 10.5 Å². The molecule has 0 atom stereocenters. The zero-order valence-corrected chi connectivity index (χ0v) is 12.4. The molecule has 3 nitrogen and oxygen atoms in total. The average molecular weight is 290 g/mol. The number of methoxy groups -OCH3 is 1. The molecule has 0 fully saturated rings. The third kappa shape index (κ3) is 2.49. The van der Waals surface area contributed by atoms with Gasteiger partial charge in [-0.2, -0.15) is 0 Å². The van der Waals surface area contributed by atoms with E-state index in [2.05, 4.69) is 0 Å². The molecule has 2 aromatic rings. The Kier molecular flexibility index (Phi) is 4.00. The normalized spacial score (nSPS) is 10.4. The predicted molar refractivity (Wildman–Crippen MR) is 81.8 cm³/mol. The molecule has 0 bridgehead atoms. The maximum Gasteiger partial charge on any atom is 0.197 e. The number of halogens is 1. The fraction of sp³-hybridized carbons (Fsp3) is 0.188. The Bertz CT molecular complexity index is 663. The van der Waals surface area contributed by atoms with Gasteiger partial charge in [-0.05, 0) is 55.3 Å². The molecule has 0 saturated heterocycles. The number of ether oxygens (including phenoxy) is 1. The topological polar surface area (TPSA) is 52.3 Å². The Morgan fingerprint density at radius 2 is 1.80 bits per heavy atom. The molecule has 2 rings (SSSR count). The molecule has 0 radical (unpaired) electrons. The second-order valence-electron chi connectivity index (χ2n) is 4.66. The fourth-order valence-electron chi connectivity index (χ4n) is 2.17. The lowest BCUT2D eigenvalue weighted by molar-refractivity contribution is 0.103. The summed E-state index contributed by atoms with van der Waals surface area (Å²) in [6, 6.07) is 8.61. The van der Waals surface area contributed by atoms with Crippen LogP contribution >= 0.6 is 11.6 Å². The number of hydrogen-bond acceptors (Lipinski definition) is 3. The summed E-state index contributed by atoms with van der Waals surface area (Å²) >= 11 is 6.18. The Morgan fingerprint density at radius 1 is 1.20 bits per heavy atom. The largest absolute Gasteiger partial charge is 0.496 e. The molecule has 0 heterocycles. The zero-order valence-electron chi connectivity index (χ0n) is 11.7. The Labute approximate surface area is 123 Å². The molecule has 0 aliphatic rings. The first-order chi connectivity index (χ1) is 9.45. The van der Waals surface area contributed by atoms with Crippen molar-refractivity contribution in [3.63, 3.8) is 0 Å². The van der Waals surface area contributed by atoms with E-state index in [-0.39, 0.29) is 5.78 Å². The summed E-state index contributed by atoms with van der Waals surface area (Å²) in [5.41, 5.74) is 8.87. The summed E-state index contributed by atoms with van der Waals surface area (Å²) in [6.07, 6.45) is 0. The Balaban J connectivity index is 2.62. The smallest absolute Gasteiger partial charge is 0.197 e. The SMILES string of the molecule is COc1c(C)cc(Cl)c(C)c1C(=O)c1ccc(N)cc1. The highest BCUT2D eigenvalue weighted by Gasteiger charge is 2.21. The molecule has 4 heteroatoms. The fourth-order valence-corrected chi connectivity index (χ4v) is 2.42. The second kappa shape index (κ2) is 5.55.